The van der Waals surface area contributed by atoms with Gasteiger partial charge in [0, 0.05) is 16.6 Å². The molecular weight excluding hydrogens is 320 g/mol. The first-order valence-corrected chi connectivity index (χ1v) is 6.91. The summed E-state index contributed by atoms with van der Waals surface area (Å²) in [5, 5.41) is 3.08. The molecule has 104 valence electrons. The van der Waals surface area contributed by atoms with Crippen molar-refractivity contribution in [1.82, 2.24) is 5.32 Å². The molecule has 0 unspecified atom stereocenters. The quantitative estimate of drug-likeness (QED) is 0.883. The molecule has 0 aliphatic rings. The molecule has 0 radical (unpaired) electrons. The van der Waals surface area contributed by atoms with Crippen LogP contribution in [-0.4, -0.2) is 13.0 Å². The minimum absolute atomic E-state index is 0.346. The number of amides is 1. The summed E-state index contributed by atoms with van der Waals surface area (Å²) in [6.45, 7) is 0.679. The van der Waals surface area contributed by atoms with E-state index in [2.05, 4.69) is 21.2 Å². The Kier molecular flexibility index (Phi) is 4.76. The van der Waals surface area contributed by atoms with E-state index in [-0.39, 0.29) is 0 Å². The van der Waals surface area contributed by atoms with E-state index in [0.29, 0.717) is 23.6 Å². The molecule has 2 rings (SSSR count). The Labute approximate surface area is 126 Å². The predicted molar refractivity (Wildman–Crippen MR) is 81.9 cm³/mol. The number of para-hydroxylation sites is 1. The fourth-order valence-electron chi connectivity index (χ4n) is 1.84. The van der Waals surface area contributed by atoms with Crippen LogP contribution in [-0.2, 0) is 6.54 Å². The molecule has 0 aliphatic carbocycles. The summed E-state index contributed by atoms with van der Waals surface area (Å²) in [5.74, 6) is 0.628. The maximum atomic E-state index is 11.5. The second-order valence-electron chi connectivity index (χ2n) is 4.24. The van der Waals surface area contributed by atoms with Crippen molar-refractivity contribution < 1.29 is 9.53 Å². The molecule has 0 atom stereocenters. The number of primary amides is 1. The highest BCUT2D eigenvalue weighted by molar-refractivity contribution is 9.10. The van der Waals surface area contributed by atoms with Gasteiger partial charge in [0.25, 0.3) is 5.91 Å². The summed E-state index contributed by atoms with van der Waals surface area (Å²) in [7, 11) is 1.87. The topological polar surface area (TPSA) is 64.3 Å². The predicted octanol–water partition coefficient (Wildman–Crippen LogP) is 3.06. The van der Waals surface area contributed by atoms with Crippen LogP contribution in [0, 0.1) is 0 Å². The zero-order valence-corrected chi connectivity index (χ0v) is 12.6. The molecule has 3 N–H and O–H groups in total. The van der Waals surface area contributed by atoms with Crippen molar-refractivity contribution in [2.45, 2.75) is 6.54 Å². The number of benzene rings is 2. The van der Waals surface area contributed by atoms with E-state index in [1.165, 1.54) is 0 Å². The highest BCUT2D eigenvalue weighted by atomic mass is 79.9. The molecule has 0 spiro atoms. The molecule has 2 aromatic carbocycles. The fraction of sp³-hybridized carbons (Fsp3) is 0.133. The lowest BCUT2D eigenvalue weighted by Crippen LogP contribution is -2.12. The Morgan fingerprint density at radius 3 is 2.70 bits per heavy atom. The second-order valence-corrected chi connectivity index (χ2v) is 5.16. The van der Waals surface area contributed by atoms with Crippen molar-refractivity contribution in [1.29, 1.82) is 0 Å². The number of nitrogens with two attached hydrogens (primary N) is 1. The number of nitrogens with one attached hydrogen (secondary N) is 1. The minimum Gasteiger partial charge on any atom is -0.456 e. The lowest BCUT2D eigenvalue weighted by Gasteiger charge is -2.13. The van der Waals surface area contributed by atoms with Crippen LogP contribution in [0.25, 0.3) is 0 Å². The smallest absolute Gasteiger partial charge is 0.252 e. The van der Waals surface area contributed by atoms with Crippen LogP contribution >= 0.6 is 15.9 Å². The van der Waals surface area contributed by atoms with E-state index in [9.17, 15) is 4.79 Å². The molecule has 0 fully saturated rings. The van der Waals surface area contributed by atoms with Gasteiger partial charge in [0.1, 0.15) is 11.5 Å². The standard InChI is InChI=1S/C15H15BrN2O2/c1-18-9-10-4-2-3-5-13(10)20-14-7-6-11(16)8-12(14)15(17)19/h2-8,18H,9H2,1H3,(H2,17,19). The molecule has 0 bridgehead atoms. The highest BCUT2D eigenvalue weighted by Gasteiger charge is 2.12. The third kappa shape index (κ3) is 3.37. The van der Waals surface area contributed by atoms with Crippen molar-refractivity contribution in [3.8, 4) is 11.5 Å². The van der Waals surface area contributed by atoms with E-state index in [0.717, 1.165) is 10.0 Å². The van der Waals surface area contributed by atoms with E-state index in [1.54, 1.807) is 12.1 Å². The van der Waals surface area contributed by atoms with Gasteiger partial charge < -0.3 is 15.8 Å². The van der Waals surface area contributed by atoms with Gasteiger partial charge in [0.2, 0.25) is 0 Å². The number of halogens is 1. The van der Waals surface area contributed by atoms with Gasteiger partial charge in [-0.05, 0) is 31.3 Å². The summed E-state index contributed by atoms with van der Waals surface area (Å²) in [6.07, 6.45) is 0. The molecule has 0 aliphatic heterocycles. The maximum absolute atomic E-state index is 11.5. The molecule has 0 heterocycles. The first-order chi connectivity index (χ1) is 9.61. The van der Waals surface area contributed by atoms with Gasteiger partial charge in [-0.15, -0.1) is 0 Å². The molecule has 0 aromatic heterocycles. The fourth-order valence-corrected chi connectivity index (χ4v) is 2.20. The Hall–Kier alpha value is -1.85. The normalized spacial score (nSPS) is 10.3. The van der Waals surface area contributed by atoms with Crippen LogP contribution in [0.5, 0.6) is 11.5 Å². The summed E-state index contributed by atoms with van der Waals surface area (Å²) < 4.78 is 6.63. The monoisotopic (exact) mass is 334 g/mol. The molecule has 20 heavy (non-hydrogen) atoms. The summed E-state index contributed by atoms with van der Waals surface area (Å²) in [6, 6.07) is 12.8. The average Bonchev–Trinajstić information content (AvgIpc) is 2.43. The molecule has 4 nitrogen and oxygen atoms in total. The van der Waals surface area contributed by atoms with Crippen molar-refractivity contribution in [3.63, 3.8) is 0 Å². The number of hydrogen-bond donors (Lipinski definition) is 2. The number of hydrogen-bond acceptors (Lipinski definition) is 3. The highest BCUT2D eigenvalue weighted by Crippen LogP contribution is 2.29. The molecule has 1 amide bonds. The first kappa shape index (κ1) is 14.6. The van der Waals surface area contributed by atoms with Gasteiger partial charge >= 0.3 is 0 Å². The van der Waals surface area contributed by atoms with Crippen molar-refractivity contribution >= 4 is 21.8 Å². The van der Waals surface area contributed by atoms with Gasteiger partial charge in [0.15, 0.2) is 0 Å². The maximum Gasteiger partial charge on any atom is 0.252 e. The SMILES string of the molecule is CNCc1ccccc1Oc1ccc(Br)cc1C(N)=O. The van der Waals surface area contributed by atoms with Gasteiger partial charge in [-0.2, -0.15) is 0 Å². The van der Waals surface area contributed by atoms with Gasteiger partial charge in [-0.1, -0.05) is 34.1 Å². The minimum atomic E-state index is -0.521. The lowest BCUT2D eigenvalue weighted by molar-refractivity contribution is 0.0998. The van der Waals surface area contributed by atoms with E-state index in [4.69, 9.17) is 10.5 Å². The third-order valence-corrected chi connectivity index (χ3v) is 3.26. The Morgan fingerprint density at radius 2 is 2.00 bits per heavy atom. The Bertz CT molecular complexity index is 629. The van der Waals surface area contributed by atoms with Crippen molar-refractivity contribution in [2.24, 2.45) is 5.73 Å². The molecular formula is C15H15BrN2O2. The summed E-state index contributed by atoms with van der Waals surface area (Å²) >= 11 is 3.32. The second kappa shape index (κ2) is 6.54. The van der Waals surface area contributed by atoms with Gasteiger partial charge in [-0.3, -0.25) is 4.79 Å². The zero-order chi connectivity index (χ0) is 14.5. The summed E-state index contributed by atoms with van der Waals surface area (Å²) in [4.78, 5) is 11.5. The summed E-state index contributed by atoms with van der Waals surface area (Å²) in [5.41, 5.74) is 6.74. The van der Waals surface area contributed by atoms with E-state index < -0.39 is 5.91 Å². The van der Waals surface area contributed by atoms with E-state index >= 15 is 0 Å². The van der Waals surface area contributed by atoms with Crippen LogP contribution in [0.2, 0.25) is 0 Å². The van der Waals surface area contributed by atoms with Crippen LogP contribution in [0.3, 0.4) is 0 Å². The molecule has 0 saturated heterocycles. The molecule has 0 saturated carbocycles. The van der Waals surface area contributed by atoms with Crippen LogP contribution in [0.4, 0.5) is 0 Å². The third-order valence-electron chi connectivity index (χ3n) is 2.77. The average molecular weight is 335 g/mol. The molecule has 5 heteroatoms. The van der Waals surface area contributed by atoms with Gasteiger partial charge in [0.05, 0.1) is 5.56 Å². The Morgan fingerprint density at radius 1 is 1.25 bits per heavy atom. The number of carbonyl (C=O) groups excluding carboxylic acids is 1. The molecule has 2 aromatic rings. The number of carbonyl (C=O) groups is 1. The first-order valence-electron chi connectivity index (χ1n) is 6.11. The van der Waals surface area contributed by atoms with Crippen molar-refractivity contribution in [2.75, 3.05) is 7.05 Å². The zero-order valence-electron chi connectivity index (χ0n) is 11.0. The van der Waals surface area contributed by atoms with Crippen LogP contribution < -0.4 is 15.8 Å². The Balaban J connectivity index is 2.37. The van der Waals surface area contributed by atoms with Crippen LogP contribution in [0.15, 0.2) is 46.9 Å². The van der Waals surface area contributed by atoms with Gasteiger partial charge in [-0.25, -0.2) is 0 Å². The number of ether oxygens (including phenoxy) is 1. The largest absolute Gasteiger partial charge is 0.456 e. The van der Waals surface area contributed by atoms with Crippen LogP contribution in [0.1, 0.15) is 15.9 Å². The number of rotatable bonds is 5. The van der Waals surface area contributed by atoms with Crippen molar-refractivity contribution in [3.05, 3.63) is 58.1 Å². The van der Waals surface area contributed by atoms with E-state index in [1.807, 2.05) is 37.4 Å². The lowest BCUT2D eigenvalue weighted by atomic mass is 10.1.